The number of nitrogens with two attached hydrogens (primary N) is 1. The van der Waals surface area contributed by atoms with E-state index in [1.54, 1.807) is 6.21 Å². The molecule has 2 N–H and O–H groups in total. The molecule has 5 heteroatoms. The van der Waals surface area contributed by atoms with Gasteiger partial charge in [-0.05, 0) is 0 Å². The summed E-state index contributed by atoms with van der Waals surface area (Å²) in [7, 11) is 1.51. The van der Waals surface area contributed by atoms with Gasteiger partial charge in [-0.15, -0.1) is 0 Å². The molecule has 0 spiro atoms. The Hall–Kier alpha value is -0.710. The summed E-state index contributed by atoms with van der Waals surface area (Å²) in [4.78, 5) is 8.54. The van der Waals surface area contributed by atoms with Crippen LogP contribution in [-0.2, 0) is 4.84 Å². The van der Waals surface area contributed by atoms with E-state index in [4.69, 9.17) is 5.73 Å². The molecule has 1 unspecified atom stereocenters. The SMILES string of the molecule is CON=CC1CSC(N)=N1. The maximum atomic E-state index is 5.41. The van der Waals surface area contributed by atoms with Crippen molar-refractivity contribution in [3.63, 3.8) is 0 Å². The van der Waals surface area contributed by atoms with Crippen molar-refractivity contribution in [3.05, 3.63) is 0 Å². The van der Waals surface area contributed by atoms with E-state index in [0.29, 0.717) is 5.17 Å². The van der Waals surface area contributed by atoms with Gasteiger partial charge in [0.1, 0.15) is 13.2 Å². The minimum atomic E-state index is 0.102. The van der Waals surface area contributed by atoms with Crippen LogP contribution in [0.15, 0.2) is 10.1 Å². The molecule has 0 saturated heterocycles. The lowest BCUT2D eigenvalue weighted by Gasteiger charge is -1.92. The third-order valence-electron chi connectivity index (χ3n) is 1.03. The number of rotatable bonds is 2. The molecular formula is C5H9N3OS. The molecule has 0 saturated carbocycles. The second kappa shape index (κ2) is 3.46. The van der Waals surface area contributed by atoms with Gasteiger partial charge in [0, 0.05) is 5.75 Å². The zero-order chi connectivity index (χ0) is 7.40. The summed E-state index contributed by atoms with van der Waals surface area (Å²) in [5, 5.41) is 4.22. The Kier molecular flexibility index (Phi) is 2.56. The monoisotopic (exact) mass is 159 g/mol. The number of hydrogen-bond donors (Lipinski definition) is 1. The summed E-state index contributed by atoms with van der Waals surface area (Å²) >= 11 is 1.54. The Labute approximate surface area is 63.5 Å². The van der Waals surface area contributed by atoms with Crippen LogP contribution in [0.3, 0.4) is 0 Å². The lowest BCUT2D eigenvalue weighted by Crippen LogP contribution is -2.05. The molecule has 0 bridgehead atoms. The molecule has 0 aromatic heterocycles. The zero-order valence-corrected chi connectivity index (χ0v) is 6.47. The molecule has 0 radical (unpaired) electrons. The predicted octanol–water partition coefficient (Wildman–Crippen LogP) is 0.0487. The van der Waals surface area contributed by atoms with Crippen molar-refractivity contribution in [2.45, 2.75) is 6.04 Å². The summed E-state index contributed by atoms with van der Waals surface area (Å²) in [5.41, 5.74) is 5.41. The van der Waals surface area contributed by atoms with Crippen molar-refractivity contribution >= 4 is 23.1 Å². The van der Waals surface area contributed by atoms with Gasteiger partial charge in [-0.2, -0.15) is 0 Å². The molecule has 1 heterocycles. The van der Waals surface area contributed by atoms with Gasteiger partial charge >= 0.3 is 0 Å². The summed E-state index contributed by atoms with van der Waals surface area (Å²) in [6.07, 6.45) is 1.65. The van der Waals surface area contributed by atoms with Crippen LogP contribution in [0.4, 0.5) is 0 Å². The number of amidine groups is 1. The first-order chi connectivity index (χ1) is 4.83. The Morgan fingerprint density at radius 1 is 2.00 bits per heavy atom. The van der Waals surface area contributed by atoms with Gasteiger partial charge in [-0.3, -0.25) is 4.99 Å². The highest BCUT2D eigenvalue weighted by molar-refractivity contribution is 8.14. The van der Waals surface area contributed by atoms with E-state index in [0.717, 1.165) is 5.75 Å². The van der Waals surface area contributed by atoms with Crippen molar-refractivity contribution in [1.82, 2.24) is 0 Å². The molecule has 10 heavy (non-hydrogen) atoms. The van der Waals surface area contributed by atoms with Gasteiger partial charge < -0.3 is 10.6 Å². The summed E-state index contributed by atoms with van der Waals surface area (Å²) in [6.45, 7) is 0. The smallest absolute Gasteiger partial charge is 0.154 e. The van der Waals surface area contributed by atoms with Crippen LogP contribution in [-0.4, -0.2) is 30.3 Å². The van der Waals surface area contributed by atoms with Gasteiger partial charge in [0.15, 0.2) is 5.17 Å². The van der Waals surface area contributed by atoms with Crippen LogP contribution in [0.25, 0.3) is 0 Å². The first-order valence-corrected chi connectivity index (χ1v) is 3.84. The maximum Gasteiger partial charge on any atom is 0.154 e. The fourth-order valence-electron chi connectivity index (χ4n) is 0.616. The second-order valence-electron chi connectivity index (χ2n) is 1.78. The number of hydrogen-bond acceptors (Lipinski definition) is 5. The van der Waals surface area contributed by atoms with Crippen LogP contribution < -0.4 is 5.73 Å². The van der Waals surface area contributed by atoms with Crippen LogP contribution >= 0.6 is 11.8 Å². The number of nitrogens with zero attached hydrogens (tertiary/aromatic N) is 2. The highest BCUT2D eigenvalue weighted by atomic mass is 32.2. The number of oxime groups is 1. The average Bonchev–Trinajstić information content (AvgIpc) is 2.31. The van der Waals surface area contributed by atoms with Crippen molar-refractivity contribution in [2.75, 3.05) is 12.9 Å². The van der Waals surface area contributed by atoms with Gasteiger partial charge in [0.25, 0.3) is 0 Å². The molecule has 1 atom stereocenters. The third-order valence-corrected chi connectivity index (χ3v) is 1.94. The largest absolute Gasteiger partial charge is 0.399 e. The van der Waals surface area contributed by atoms with E-state index in [9.17, 15) is 0 Å². The summed E-state index contributed by atoms with van der Waals surface area (Å²) in [6, 6.07) is 0.102. The second-order valence-corrected chi connectivity index (χ2v) is 2.82. The van der Waals surface area contributed by atoms with E-state index < -0.39 is 0 Å². The van der Waals surface area contributed by atoms with E-state index in [-0.39, 0.29) is 6.04 Å². The number of thioether (sulfide) groups is 1. The third kappa shape index (κ3) is 1.91. The molecule has 1 aliphatic heterocycles. The topological polar surface area (TPSA) is 60.0 Å². The van der Waals surface area contributed by atoms with Gasteiger partial charge in [-0.1, -0.05) is 16.9 Å². The van der Waals surface area contributed by atoms with Crippen molar-refractivity contribution < 1.29 is 4.84 Å². The highest BCUT2D eigenvalue weighted by Gasteiger charge is 2.13. The minimum absolute atomic E-state index is 0.102. The Morgan fingerprint density at radius 2 is 2.80 bits per heavy atom. The Balaban J connectivity index is 2.38. The normalized spacial score (nSPS) is 25.3. The standard InChI is InChI=1S/C5H9N3OS/c1-9-7-2-4-3-10-5(6)8-4/h2,4H,3H2,1H3,(H2,6,8). The first kappa shape index (κ1) is 7.40. The van der Waals surface area contributed by atoms with Crippen molar-refractivity contribution in [2.24, 2.45) is 15.9 Å². The molecule has 1 rings (SSSR count). The Bertz CT molecular complexity index is 168. The number of aliphatic imine (C=N–C) groups is 1. The van der Waals surface area contributed by atoms with Crippen molar-refractivity contribution in [3.8, 4) is 0 Å². The summed E-state index contributed by atoms with van der Waals surface area (Å²) in [5.74, 6) is 0.874. The summed E-state index contributed by atoms with van der Waals surface area (Å²) < 4.78 is 0. The maximum absolute atomic E-state index is 5.41. The predicted molar refractivity (Wildman–Crippen MR) is 43.4 cm³/mol. The van der Waals surface area contributed by atoms with E-state index in [2.05, 4.69) is 15.0 Å². The van der Waals surface area contributed by atoms with Gasteiger partial charge in [-0.25, -0.2) is 0 Å². The molecule has 0 aromatic rings. The zero-order valence-electron chi connectivity index (χ0n) is 5.65. The molecular weight excluding hydrogens is 150 g/mol. The van der Waals surface area contributed by atoms with E-state index >= 15 is 0 Å². The molecule has 4 nitrogen and oxygen atoms in total. The molecule has 56 valence electrons. The van der Waals surface area contributed by atoms with E-state index in [1.165, 1.54) is 18.9 Å². The van der Waals surface area contributed by atoms with Crippen LogP contribution in [0, 0.1) is 0 Å². The van der Waals surface area contributed by atoms with Crippen LogP contribution in [0.5, 0.6) is 0 Å². The molecule has 0 aromatic carbocycles. The first-order valence-electron chi connectivity index (χ1n) is 2.85. The fraction of sp³-hybridized carbons (Fsp3) is 0.600. The van der Waals surface area contributed by atoms with Crippen LogP contribution in [0.2, 0.25) is 0 Å². The Morgan fingerprint density at radius 3 is 3.30 bits per heavy atom. The highest BCUT2D eigenvalue weighted by Crippen LogP contribution is 2.12. The van der Waals surface area contributed by atoms with Gasteiger partial charge in [0.2, 0.25) is 0 Å². The average molecular weight is 159 g/mol. The quantitative estimate of drug-likeness (QED) is 0.457. The molecule has 0 aliphatic carbocycles. The molecule has 0 fully saturated rings. The van der Waals surface area contributed by atoms with Gasteiger partial charge in [0.05, 0.1) is 6.21 Å². The lowest BCUT2D eigenvalue weighted by atomic mass is 10.4. The fourth-order valence-corrected chi connectivity index (χ4v) is 1.33. The molecule has 0 amide bonds. The lowest BCUT2D eigenvalue weighted by molar-refractivity contribution is 0.214. The minimum Gasteiger partial charge on any atom is -0.399 e. The van der Waals surface area contributed by atoms with E-state index in [1.807, 2.05) is 0 Å². The molecule has 1 aliphatic rings. The van der Waals surface area contributed by atoms with Crippen LogP contribution in [0.1, 0.15) is 0 Å². The van der Waals surface area contributed by atoms with Crippen molar-refractivity contribution in [1.29, 1.82) is 0 Å².